The highest BCUT2D eigenvalue weighted by Crippen LogP contribution is 2.12. The van der Waals surface area contributed by atoms with Gasteiger partial charge >= 0.3 is 0 Å². The molecule has 1 N–H and O–H groups in total. The van der Waals surface area contributed by atoms with Crippen LogP contribution in [-0.4, -0.2) is 30.7 Å². The lowest BCUT2D eigenvalue weighted by molar-refractivity contribution is -0.152. The van der Waals surface area contributed by atoms with Crippen LogP contribution in [0.25, 0.3) is 0 Å². The predicted molar refractivity (Wildman–Crippen MR) is 61.7 cm³/mol. The molecule has 0 aromatic rings. The van der Waals surface area contributed by atoms with Crippen molar-refractivity contribution in [3.8, 4) is 0 Å². The summed E-state index contributed by atoms with van der Waals surface area (Å²) in [7, 11) is 0. The Kier molecular flexibility index (Phi) is 8.67. The second kappa shape index (κ2) is 8.89. The van der Waals surface area contributed by atoms with Gasteiger partial charge in [0.1, 0.15) is 0 Å². The molecule has 0 saturated carbocycles. The van der Waals surface area contributed by atoms with Gasteiger partial charge in [0.25, 0.3) is 0 Å². The molecule has 0 fully saturated rings. The maximum Gasteiger partial charge on any atom is 0.160 e. The minimum Gasteiger partial charge on any atom is -0.393 e. The molecule has 0 amide bonds. The van der Waals surface area contributed by atoms with Crippen LogP contribution < -0.4 is 0 Å². The van der Waals surface area contributed by atoms with Gasteiger partial charge in [0.15, 0.2) is 6.29 Å². The Hall–Kier alpha value is -0.380. The fourth-order valence-corrected chi connectivity index (χ4v) is 1.31. The van der Waals surface area contributed by atoms with Crippen LogP contribution in [0.1, 0.15) is 40.0 Å². The fraction of sp³-hybridized carbons (Fsp3) is 0.833. The van der Waals surface area contributed by atoms with Gasteiger partial charge in [0.05, 0.1) is 6.10 Å². The van der Waals surface area contributed by atoms with E-state index in [1.165, 1.54) is 0 Å². The van der Waals surface area contributed by atoms with Crippen LogP contribution in [0.3, 0.4) is 0 Å². The molecule has 0 aromatic heterocycles. The van der Waals surface area contributed by atoms with Crippen molar-refractivity contribution in [1.82, 2.24) is 0 Å². The van der Waals surface area contributed by atoms with E-state index in [0.29, 0.717) is 19.6 Å². The highest BCUT2D eigenvalue weighted by atomic mass is 16.7. The van der Waals surface area contributed by atoms with Gasteiger partial charge in [-0.25, -0.2) is 0 Å². The first kappa shape index (κ1) is 14.6. The lowest BCUT2D eigenvalue weighted by atomic mass is 10.1. The third kappa shape index (κ3) is 8.60. The van der Waals surface area contributed by atoms with Crippen molar-refractivity contribution in [3.63, 3.8) is 0 Å². The second-order valence-corrected chi connectivity index (χ2v) is 3.73. The normalized spacial score (nSPS) is 13.1. The van der Waals surface area contributed by atoms with Crippen molar-refractivity contribution in [2.75, 3.05) is 13.2 Å². The molecule has 3 heteroatoms. The molecular formula is C12H24O3. The first-order valence-electron chi connectivity index (χ1n) is 5.65. The molecule has 0 aliphatic rings. The molecule has 0 aliphatic carbocycles. The molecule has 0 heterocycles. The molecule has 0 saturated heterocycles. The zero-order valence-electron chi connectivity index (χ0n) is 10.2. The van der Waals surface area contributed by atoms with Crippen LogP contribution in [0.4, 0.5) is 0 Å². The third-order valence-electron chi connectivity index (χ3n) is 2.07. The number of allylic oxidation sites excluding steroid dienone is 1. The topological polar surface area (TPSA) is 38.7 Å². The van der Waals surface area contributed by atoms with Gasteiger partial charge in [-0.1, -0.05) is 5.57 Å². The monoisotopic (exact) mass is 216 g/mol. The summed E-state index contributed by atoms with van der Waals surface area (Å²) >= 11 is 0. The zero-order chi connectivity index (χ0) is 11.7. The zero-order valence-corrected chi connectivity index (χ0v) is 10.2. The maximum atomic E-state index is 9.72. The smallest absolute Gasteiger partial charge is 0.160 e. The summed E-state index contributed by atoms with van der Waals surface area (Å²) in [6, 6.07) is 0. The number of hydrogen-bond acceptors (Lipinski definition) is 3. The van der Waals surface area contributed by atoms with E-state index in [1.54, 1.807) is 0 Å². The van der Waals surface area contributed by atoms with Crippen LogP contribution in [0.2, 0.25) is 0 Å². The minimum absolute atomic E-state index is 0.278. The number of rotatable bonds is 9. The summed E-state index contributed by atoms with van der Waals surface area (Å²) in [6.45, 7) is 10.8. The van der Waals surface area contributed by atoms with E-state index < -0.39 is 0 Å². The summed E-state index contributed by atoms with van der Waals surface area (Å²) in [5.41, 5.74) is 1.10. The summed E-state index contributed by atoms with van der Waals surface area (Å²) in [5.74, 6) is 0. The van der Waals surface area contributed by atoms with Gasteiger partial charge in [-0.05, 0) is 33.6 Å². The molecule has 0 aromatic carbocycles. The highest BCUT2D eigenvalue weighted by molar-refractivity contribution is 4.88. The predicted octanol–water partition coefficient (Wildman–Crippen LogP) is 2.49. The molecular weight excluding hydrogens is 192 g/mol. The van der Waals surface area contributed by atoms with Crippen LogP contribution in [0, 0.1) is 0 Å². The number of hydrogen-bond donors (Lipinski definition) is 1. The van der Waals surface area contributed by atoms with Crippen LogP contribution in [0.5, 0.6) is 0 Å². The number of aliphatic hydroxyl groups excluding tert-OH is 1. The van der Waals surface area contributed by atoms with E-state index >= 15 is 0 Å². The molecule has 15 heavy (non-hydrogen) atoms. The summed E-state index contributed by atoms with van der Waals surface area (Å²) in [4.78, 5) is 0. The Bertz CT molecular complexity index is 162. The van der Waals surface area contributed by atoms with Gasteiger partial charge < -0.3 is 14.6 Å². The lowest BCUT2D eigenvalue weighted by Gasteiger charge is -2.20. The Morgan fingerprint density at radius 1 is 1.27 bits per heavy atom. The van der Waals surface area contributed by atoms with Gasteiger partial charge in [-0.2, -0.15) is 0 Å². The largest absolute Gasteiger partial charge is 0.393 e. The van der Waals surface area contributed by atoms with E-state index in [1.807, 2.05) is 20.8 Å². The van der Waals surface area contributed by atoms with Crippen molar-refractivity contribution < 1.29 is 14.6 Å². The van der Waals surface area contributed by atoms with Crippen LogP contribution in [0.15, 0.2) is 12.2 Å². The summed E-state index contributed by atoms with van der Waals surface area (Å²) < 4.78 is 10.7. The first-order chi connectivity index (χ1) is 7.10. The van der Waals surface area contributed by atoms with E-state index in [2.05, 4.69) is 6.58 Å². The van der Waals surface area contributed by atoms with Crippen LogP contribution in [-0.2, 0) is 9.47 Å². The van der Waals surface area contributed by atoms with E-state index in [-0.39, 0.29) is 12.4 Å². The number of ether oxygens (including phenoxy) is 2. The van der Waals surface area contributed by atoms with E-state index in [9.17, 15) is 5.11 Å². The van der Waals surface area contributed by atoms with Gasteiger partial charge in [0, 0.05) is 19.6 Å². The summed E-state index contributed by atoms with van der Waals surface area (Å²) in [5, 5.41) is 9.72. The van der Waals surface area contributed by atoms with Crippen molar-refractivity contribution in [2.24, 2.45) is 0 Å². The average molecular weight is 216 g/mol. The molecule has 0 radical (unpaired) electrons. The lowest BCUT2D eigenvalue weighted by Crippen LogP contribution is -2.24. The highest BCUT2D eigenvalue weighted by Gasteiger charge is 2.14. The Morgan fingerprint density at radius 3 is 2.20 bits per heavy atom. The van der Waals surface area contributed by atoms with Gasteiger partial charge in [0.2, 0.25) is 0 Å². The van der Waals surface area contributed by atoms with Crippen LogP contribution >= 0.6 is 0 Å². The second-order valence-electron chi connectivity index (χ2n) is 3.73. The SMILES string of the molecule is C=C(C)CCC(O)CC(OCC)OCC. The molecule has 90 valence electrons. The van der Waals surface area contributed by atoms with E-state index in [0.717, 1.165) is 18.4 Å². The summed E-state index contributed by atoms with van der Waals surface area (Å²) in [6.07, 6.45) is 1.47. The Balaban J connectivity index is 3.76. The van der Waals surface area contributed by atoms with E-state index in [4.69, 9.17) is 9.47 Å². The first-order valence-corrected chi connectivity index (χ1v) is 5.65. The van der Waals surface area contributed by atoms with Gasteiger partial charge in [-0.3, -0.25) is 0 Å². The molecule has 0 rings (SSSR count). The minimum atomic E-state index is -0.371. The fourth-order valence-electron chi connectivity index (χ4n) is 1.31. The molecule has 0 spiro atoms. The van der Waals surface area contributed by atoms with Crippen molar-refractivity contribution >= 4 is 0 Å². The molecule has 0 bridgehead atoms. The average Bonchev–Trinajstić information content (AvgIpc) is 2.15. The standard InChI is InChI=1S/C12H24O3/c1-5-14-12(15-6-2)9-11(13)8-7-10(3)4/h11-13H,3,5-9H2,1-2,4H3. The quantitative estimate of drug-likeness (QED) is 0.475. The maximum absolute atomic E-state index is 9.72. The molecule has 3 nitrogen and oxygen atoms in total. The molecule has 0 aliphatic heterocycles. The number of aliphatic hydroxyl groups is 1. The van der Waals surface area contributed by atoms with Crippen molar-refractivity contribution in [3.05, 3.63) is 12.2 Å². The van der Waals surface area contributed by atoms with Gasteiger partial charge in [-0.15, -0.1) is 6.58 Å². The Morgan fingerprint density at radius 2 is 1.80 bits per heavy atom. The van der Waals surface area contributed by atoms with Crippen molar-refractivity contribution in [2.45, 2.75) is 52.4 Å². The molecule has 1 unspecified atom stereocenters. The third-order valence-corrected chi connectivity index (χ3v) is 2.07. The van der Waals surface area contributed by atoms with Crippen molar-refractivity contribution in [1.29, 1.82) is 0 Å². The Labute approximate surface area is 93.1 Å². The molecule has 1 atom stereocenters.